The average molecular weight is 234 g/mol. The van der Waals surface area contributed by atoms with Crippen LogP contribution in [0, 0.1) is 0 Å². The number of benzene rings is 1. The average Bonchev–Trinajstić information content (AvgIpc) is 2.29. The van der Waals surface area contributed by atoms with Gasteiger partial charge >= 0.3 is 0 Å². The van der Waals surface area contributed by atoms with Gasteiger partial charge < -0.3 is 11.1 Å². The molecule has 3 nitrogen and oxygen atoms in total. The van der Waals surface area contributed by atoms with Crippen LogP contribution in [-0.4, -0.2) is 11.9 Å². The molecule has 0 radical (unpaired) electrons. The Hall–Kier alpha value is -1.51. The topological polar surface area (TPSA) is 55.1 Å². The van der Waals surface area contributed by atoms with Crippen LogP contribution in [0.5, 0.6) is 0 Å². The lowest BCUT2D eigenvalue weighted by Gasteiger charge is -2.15. The number of nitrogens with two attached hydrogens (primary N) is 1. The molecular formula is C14H22N2O. The molecule has 0 aliphatic rings. The largest absolute Gasteiger partial charge is 0.399 e. The first kappa shape index (κ1) is 13.6. The van der Waals surface area contributed by atoms with E-state index in [0.29, 0.717) is 6.42 Å². The van der Waals surface area contributed by atoms with Crippen LogP contribution < -0.4 is 11.1 Å². The summed E-state index contributed by atoms with van der Waals surface area (Å²) < 4.78 is 0. The lowest BCUT2D eigenvalue weighted by molar-refractivity contribution is -0.122. The van der Waals surface area contributed by atoms with Gasteiger partial charge in [0, 0.05) is 18.2 Å². The van der Waals surface area contributed by atoms with Crippen LogP contribution in [0.3, 0.4) is 0 Å². The van der Waals surface area contributed by atoms with Gasteiger partial charge in [-0.15, -0.1) is 0 Å². The number of hydrogen-bond acceptors (Lipinski definition) is 2. The first-order valence-corrected chi connectivity index (χ1v) is 6.17. The molecule has 1 amide bonds. The maximum atomic E-state index is 11.7. The molecule has 0 aromatic heterocycles. The van der Waals surface area contributed by atoms with Crippen molar-refractivity contribution in [1.29, 1.82) is 0 Å². The summed E-state index contributed by atoms with van der Waals surface area (Å²) >= 11 is 0. The zero-order valence-corrected chi connectivity index (χ0v) is 10.9. The number of nitrogen functional groups attached to an aromatic ring is 1. The van der Waals surface area contributed by atoms with E-state index in [0.717, 1.165) is 17.7 Å². The van der Waals surface area contributed by atoms with Gasteiger partial charge in [0.15, 0.2) is 0 Å². The van der Waals surface area contributed by atoms with Gasteiger partial charge in [0.1, 0.15) is 0 Å². The fourth-order valence-corrected chi connectivity index (χ4v) is 1.66. The number of rotatable bonds is 5. The van der Waals surface area contributed by atoms with Crippen molar-refractivity contribution in [1.82, 2.24) is 5.32 Å². The van der Waals surface area contributed by atoms with Crippen LogP contribution in [-0.2, 0) is 4.79 Å². The lowest BCUT2D eigenvalue weighted by Crippen LogP contribution is -2.32. The predicted molar refractivity (Wildman–Crippen MR) is 71.8 cm³/mol. The summed E-state index contributed by atoms with van der Waals surface area (Å²) in [6.07, 6.45) is 1.48. The van der Waals surface area contributed by atoms with E-state index in [-0.39, 0.29) is 17.9 Å². The third-order valence-electron chi connectivity index (χ3n) is 3.02. The molecule has 0 aliphatic carbocycles. The van der Waals surface area contributed by atoms with Crippen molar-refractivity contribution >= 4 is 11.6 Å². The Kier molecular flexibility index (Phi) is 5.01. The minimum absolute atomic E-state index is 0.115. The summed E-state index contributed by atoms with van der Waals surface area (Å²) in [7, 11) is 0. The molecule has 0 saturated heterocycles. The second kappa shape index (κ2) is 6.28. The van der Waals surface area contributed by atoms with Gasteiger partial charge in [-0.3, -0.25) is 4.79 Å². The molecule has 94 valence electrons. The van der Waals surface area contributed by atoms with Gasteiger partial charge in [-0.25, -0.2) is 0 Å². The number of anilines is 1. The van der Waals surface area contributed by atoms with Crippen LogP contribution in [0.1, 0.15) is 45.1 Å². The molecule has 17 heavy (non-hydrogen) atoms. The third-order valence-corrected chi connectivity index (χ3v) is 3.02. The Balaban J connectivity index is 2.51. The van der Waals surface area contributed by atoms with Crippen molar-refractivity contribution in [2.75, 3.05) is 5.73 Å². The Morgan fingerprint density at radius 2 is 1.88 bits per heavy atom. The van der Waals surface area contributed by atoms with Crippen LogP contribution in [0.4, 0.5) is 5.69 Å². The number of carbonyl (C=O) groups excluding carboxylic acids is 1. The molecule has 2 atom stereocenters. The summed E-state index contributed by atoms with van der Waals surface area (Å²) in [5, 5.41) is 2.98. The quantitative estimate of drug-likeness (QED) is 0.770. The van der Waals surface area contributed by atoms with Crippen LogP contribution in [0.15, 0.2) is 24.3 Å². The second-order valence-corrected chi connectivity index (χ2v) is 4.65. The van der Waals surface area contributed by atoms with E-state index in [4.69, 9.17) is 5.73 Å². The smallest absolute Gasteiger partial charge is 0.220 e. The Morgan fingerprint density at radius 1 is 1.29 bits per heavy atom. The van der Waals surface area contributed by atoms with E-state index in [9.17, 15) is 4.79 Å². The maximum Gasteiger partial charge on any atom is 0.220 e. The summed E-state index contributed by atoms with van der Waals surface area (Å²) in [6.45, 7) is 6.14. The van der Waals surface area contributed by atoms with Crippen LogP contribution in [0.2, 0.25) is 0 Å². The van der Waals surface area contributed by atoms with E-state index >= 15 is 0 Å². The second-order valence-electron chi connectivity index (χ2n) is 4.65. The number of carbonyl (C=O) groups is 1. The monoisotopic (exact) mass is 234 g/mol. The molecule has 0 saturated carbocycles. The van der Waals surface area contributed by atoms with E-state index < -0.39 is 0 Å². The summed E-state index contributed by atoms with van der Waals surface area (Å²) in [5.74, 6) is 0.336. The van der Waals surface area contributed by atoms with Crippen molar-refractivity contribution in [3.8, 4) is 0 Å². The van der Waals surface area contributed by atoms with Gasteiger partial charge in [-0.1, -0.05) is 26.0 Å². The van der Waals surface area contributed by atoms with Crippen molar-refractivity contribution in [3.05, 3.63) is 29.8 Å². The van der Waals surface area contributed by atoms with Crippen LogP contribution >= 0.6 is 0 Å². The zero-order chi connectivity index (χ0) is 12.8. The normalized spacial score (nSPS) is 14.1. The third kappa shape index (κ3) is 4.47. The minimum Gasteiger partial charge on any atom is -0.399 e. The SMILES string of the molecule is CCC(C)NC(=O)CC(C)c1ccc(N)cc1. The first-order chi connectivity index (χ1) is 8.02. The molecule has 0 heterocycles. The Bertz CT molecular complexity index is 359. The molecule has 0 spiro atoms. The highest BCUT2D eigenvalue weighted by atomic mass is 16.1. The molecule has 0 fully saturated rings. The Morgan fingerprint density at radius 3 is 2.41 bits per heavy atom. The minimum atomic E-state index is 0.115. The fourth-order valence-electron chi connectivity index (χ4n) is 1.66. The van der Waals surface area contributed by atoms with E-state index in [1.165, 1.54) is 0 Å². The van der Waals surface area contributed by atoms with Crippen molar-refractivity contribution in [3.63, 3.8) is 0 Å². The van der Waals surface area contributed by atoms with Gasteiger partial charge in [0.2, 0.25) is 5.91 Å². The van der Waals surface area contributed by atoms with Gasteiger partial charge in [0.05, 0.1) is 0 Å². The van der Waals surface area contributed by atoms with Crippen molar-refractivity contribution in [2.45, 2.75) is 45.6 Å². The van der Waals surface area contributed by atoms with Gasteiger partial charge in [-0.05, 0) is 37.0 Å². The number of amides is 1. The molecule has 0 aliphatic heterocycles. The molecule has 2 unspecified atom stereocenters. The summed E-state index contributed by atoms with van der Waals surface area (Å²) in [5.41, 5.74) is 7.54. The molecule has 0 bridgehead atoms. The molecule has 1 rings (SSSR count). The molecule has 3 heteroatoms. The van der Waals surface area contributed by atoms with Crippen molar-refractivity contribution < 1.29 is 4.79 Å². The molecular weight excluding hydrogens is 212 g/mol. The van der Waals surface area contributed by atoms with Gasteiger partial charge in [-0.2, -0.15) is 0 Å². The molecule has 3 N–H and O–H groups in total. The zero-order valence-electron chi connectivity index (χ0n) is 10.9. The molecule has 1 aromatic carbocycles. The highest BCUT2D eigenvalue weighted by Crippen LogP contribution is 2.19. The summed E-state index contributed by atoms with van der Waals surface area (Å²) in [4.78, 5) is 11.7. The predicted octanol–water partition coefficient (Wildman–Crippen LogP) is 2.68. The summed E-state index contributed by atoms with van der Waals surface area (Å²) in [6, 6.07) is 7.96. The highest BCUT2D eigenvalue weighted by molar-refractivity contribution is 5.77. The fraction of sp³-hybridized carbons (Fsp3) is 0.500. The van der Waals surface area contributed by atoms with E-state index in [2.05, 4.69) is 19.2 Å². The Labute approximate surface area is 103 Å². The first-order valence-electron chi connectivity index (χ1n) is 6.17. The highest BCUT2D eigenvalue weighted by Gasteiger charge is 2.12. The van der Waals surface area contributed by atoms with Crippen LogP contribution in [0.25, 0.3) is 0 Å². The number of hydrogen-bond donors (Lipinski definition) is 2. The number of nitrogens with one attached hydrogen (secondary N) is 1. The van der Waals surface area contributed by atoms with Crippen molar-refractivity contribution in [2.24, 2.45) is 0 Å². The van der Waals surface area contributed by atoms with Gasteiger partial charge in [0.25, 0.3) is 0 Å². The maximum absolute atomic E-state index is 11.7. The standard InChI is InChI=1S/C14H22N2O/c1-4-11(3)16-14(17)9-10(2)12-5-7-13(15)8-6-12/h5-8,10-11H,4,9,15H2,1-3H3,(H,16,17). The van der Waals surface area contributed by atoms with E-state index in [1.807, 2.05) is 31.2 Å². The van der Waals surface area contributed by atoms with E-state index in [1.54, 1.807) is 0 Å². The lowest BCUT2D eigenvalue weighted by atomic mass is 9.97. The molecule has 1 aromatic rings.